The minimum absolute atomic E-state index is 0.0318. The lowest BCUT2D eigenvalue weighted by atomic mass is 10.0. The van der Waals surface area contributed by atoms with Crippen molar-refractivity contribution < 1.29 is 19.7 Å². The molecule has 0 spiro atoms. The summed E-state index contributed by atoms with van der Waals surface area (Å²) in [6, 6.07) is 5.91. The first kappa shape index (κ1) is 11.0. The molecule has 0 aliphatic carbocycles. The molecule has 78 valence electrons. The van der Waals surface area contributed by atoms with Crippen molar-refractivity contribution in [2.24, 2.45) is 0 Å². The standard InChI is InChI=1S/C10H9NO4/c1-15-8-4-2-3-6(7(12)5-11)9(8)10(13)14/h2-4,7,12H,1H3,(H,13,14). The van der Waals surface area contributed by atoms with Crippen LogP contribution in [-0.2, 0) is 0 Å². The zero-order valence-electron chi connectivity index (χ0n) is 7.97. The monoisotopic (exact) mass is 207 g/mol. The highest BCUT2D eigenvalue weighted by Crippen LogP contribution is 2.26. The van der Waals surface area contributed by atoms with E-state index in [1.165, 1.54) is 25.3 Å². The van der Waals surface area contributed by atoms with E-state index in [-0.39, 0.29) is 16.9 Å². The number of methoxy groups -OCH3 is 1. The predicted octanol–water partition coefficient (Wildman–Crippen LogP) is 0.950. The molecule has 5 nitrogen and oxygen atoms in total. The van der Waals surface area contributed by atoms with Crippen molar-refractivity contribution >= 4 is 5.97 Å². The van der Waals surface area contributed by atoms with Crippen LogP contribution in [0.3, 0.4) is 0 Å². The molecule has 0 aliphatic heterocycles. The van der Waals surface area contributed by atoms with E-state index >= 15 is 0 Å². The molecule has 0 fully saturated rings. The van der Waals surface area contributed by atoms with Gasteiger partial charge in [-0.25, -0.2) is 4.79 Å². The van der Waals surface area contributed by atoms with Crippen molar-refractivity contribution in [3.63, 3.8) is 0 Å². The molecule has 0 saturated heterocycles. The second kappa shape index (κ2) is 4.44. The number of carbonyl (C=O) groups is 1. The van der Waals surface area contributed by atoms with Crippen LogP contribution in [0.4, 0.5) is 0 Å². The third-order valence-electron chi connectivity index (χ3n) is 1.91. The van der Waals surface area contributed by atoms with Gasteiger partial charge < -0.3 is 14.9 Å². The van der Waals surface area contributed by atoms with E-state index in [9.17, 15) is 9.90 Å². The Morgan fingerprint density at radius 3 is 2.73 bits per heavy atom. The maximum Gasteiger partial charge on any atom is 0.339 e. The number of aliphatic hydroxyl groups is 1. The molecule has 0 heterocycles. The van der Waals surface area contributed by atoms with Gasteiger partial charge >= 0.3 is 5.97 Å². The number of aliphatic hydroxyl groups excluding tert-OH is 1. The maximum absolute atomic E-state index is 10.9. The highest BCUT2D eigenvalue weighted by atomic mass is 16.5. The summed E-state index contributed by atoms with van der Waals surface area (Å²) in [6.07, 6.45) is -1.47. The van der Waals surface area contributed by atoms with Gasteiger partial charge in [-0.2, -0.15) is 5.26 Å². The number of nitrogens with zero attached hydrogens (tertiary/aromatic N) is 1. The Labute approximate surface area is 86.1 Å². The maximum atomic E-state index is 10.9. The van der Waals surface area contributed by atoms with Crippen molar-refractivity contribution in [3.05, 3.63) is 29.3 Å². The Balaban J connectivity index is 3.39. The Morgan fingerprint density at radius 2 is 2.27 bits per heavy atom. The first-order valence-corrected chi connectivity index (χ1v) is 4.09. The van der Waals surface area contributed by atoms with Crippen LogP contribution in [0.1, 0.15) is 22.0 Å². The minimum Gasteiger partial charge on any atom is -0.496 e. The van der Waals surface area contributed by atoms with Crippen molar-refractivity contribution in [2.75, 3.05) is 7.11 Å². The van der Waals surface area contributed by atoms with Crippen LogP contribution in [0.5, 0.6) is 5.75 Å². The molecule has 1 atom stereocenters. The van der Waals surface area contributed by atoms with Crippen LogP contribution < -0.4 is 4.74 Å². The molecule has 1 unspecified atom stereocenters. The quantitative estimate of drug-likeness (QED) is 0.720. The number of nitriles is 1. The first-order valence-electron chi connectivity index (χ1n) is 4.09. The summed E-state index contributed by atoms with van der Waals surface area (Å²) >= 11 is 0. The van der Waals surface area contributed by atoms with Crippen molar-refractivity contribution in [1.29, 1.82) is 5.26 Å². The summed E-state index contributed by atoms with van der Waals surface area (Å²) in [5, 5.41) is 26.7. The Morgan fingerprint density at radius 1 is 1.60 bits per heavy atom. The Hall–Kier alpha value is -2.06. The number of rotatable bonds is 3. The van der Waals surface area contributed by atoms with Gasteiger partial charge in [0.2, 0.25) is 0 Å². The van der Waals surface area contributed by atoms with E-state index in [0.717, 1.165) is 0 Å². The second-order valence-corrected chi connectivity index (χ2v) is 2.76. The Kier molecular flexibility index (Phi) is 3.26. The van der Waals surface area contributed by atoms with Crippen molar-refractivity contribution in [2.45, 2.75) is 6.10 Å². The van der Waals surface area contributed by atoms with Gasteiger partial charge in [0.25, 0.3) is 0 Å². The van der Waals surface area contributed by atoms with E-state index in [2.05, 4.69) is 0 Å². The van der Waals surface area contributed by atoms with Crippen LogP contribution in [-0.4, -0.2) is 23.3 Å². The summed E-state index contributed by atoms with van der Waals surface area (Å²) < 4.78 is 4.84. The van der Waals surface area contributed by atoms with Crippen LogP contribution in [0.25, 0.3) is 0 Å². The first-order chi connectivity index (χ1) is 7.11. The molecule has 0 bridgehead atoms. The summed E-state index contributed by atoms with van der Waals surface area (Å²) in [4.78, 5) is 10.9. The third kappa shape index (κ3) is 2.06. The van der Waals surface area contributed by atoms with Gasteiger partial charge in [0.05, 0.1) is 13.2 Å². The third-order valence-corrected chi connectivity index (χ3v) is 1.91. The largest absolute Gasteiger partial charge is 0.496 e. The van der Waals surface area contributed by atoms with Gasteiger partial charge in [0.1, 0.15) is 11.3 Å². The van der Waals surface area contributed by atoms with Crippen LogP contribution in [0.2, 0.25) is 0 Å². The molecule has 5 heteroatoms. The molecule has 15 heavy (non-hydrogen) atoms. The van der Waals surface area contributed by atoms with Gasteiger partial charge in [-0.3, -0.25) is 0 Å². The molecule has 2 N–H and O–H groups in total. The zero-order chi connectivity index (χ0) is 11.4. The molecular weight excluding hydrogens is 198 g/mol. The van der Waals surface area contributed by atoms with Crippen molar-refractivity contribution in [1.82, 2.24) is 0 Å². The molecule has 0 saturated carbocycles. The summed E-state index contributed by atoms with van der Waals surface area (Å²) in [5.41, 5.74) is -0.154. The lowest BCUT2D eigenvalue weighted by Crippen LogP contribution is -2.08. The average Bonchev–Trinajstić information content (AvgIpc) is 2.26. The Bertz CT molecular complexity index is 422. The van der Waals surface area contributed by atoms with E-state index in [0.29, 0.717) is 0 Å². The number of benzene rings is 1. The molecule has 1 aromatic carbocycles. The lowest BCUT2D eigenvalue weighted by molar-refractivity contribution is 0.0688. The number of hydrogen-bond donors (Lipinski definition) is 2. The van der Waals surface area contributed by atoms with Gasteiger partial charge in [-0.05, 0) is 6.07 Å². The zero-order valence-corrected chi connectivity index (χ0v) is 7.97. The van der Waals surface area contributed by atoms with Gasteiger partial charge in [0.15, 0.2) is 6.10 Å². The van der Waals surface area contributed by atoms with Gasteiger partial charge in [0, 0.05) is 5.56 Å². The van der Waals surface area contributed by atoms with Crippen LogP contribution in [0.15, 0.2) is 18.2 Å². The van der Waals surface area contributed by atoms with E-state index in [4.69, 9.17) is 15.1 Å². The number of aromatic carboxylic acids is 1. The predicted molar refractivity (Wildman–Crippen MR) is 50.5 cm³/mol. The topological polar surface area (TPSA) is 90.5 Å². The minimum atomic E-state index is -1.47. The highest BCUT2D eigenvalue weighted by molar-refractivity contribution is 5.93. The molecule has 1 aromatic rings. The normalized spacial score (nSPS) is 11.5. The van der Waals surface area contributed by atoms with E-state index in [1.807, 2.05) is 0 Å². The molecular formula is C10H9NO4. The summed E-state index contributed by atoms with van der Waals surface area (Å²) in [6.45, 7) is 0. The summed E-state index contributed by atoms with van der Waals surface area (Å²) in [5.74, 6) is -1.12. The van der Waals surface area contributed by atoms with Gasteiger partial charge in [-0.1, -0.05) is 12.1 Å². The molecule has 0 aromatic heterocycles. The smallest absolute Gasteiger partial charge is 0.339 e. The second-order valence-electron chi connectivity index (χ2n) is 2.76. The number of hydrogen-bond acceptors (Lipinski definition) is 4. The molecule has 0 radical (unpaired) electrons. The fraction of sp³-hybridized carbons (Fsp3) is 0.200. The fourth-order valence-corrected chi connectivity index (χ4v) is 1.24. The molecule has 1 rings (SSSR count). The fourth-order valence-electron chi connectivity index (χ4n) is 1.24. The number of ether oxygens (including phenoxy) is 1. The molecule has 0 amide bonds. The van der Waals surface area contributed by atoms with E-state index in [1.54, 1.807) is 6.07 Å². The van der Waals surface area contributed by atoms with Crippen LogP contribution in [0, 0.1) is 11.3 Å². The highest BCUT2D eigenvalue weighted by Gasteiger charge is 2.20. The average molecular weight is 207 g/mol. The SMILES string of the molecule is COc1cccc(C(O)C#N)c1C(=O)O. The van der Waals surface area contributed by atoms with Gasteiger partial charge in [-0.15, -0.1) is 0 Å². The summed E-state index contributed by atoms with van der Waals surface area (Å²) in [7, 11) is 1.32. The van der Waals surface area contributed by atoms with Crippen LogP contribution >= 0.6 is 0 Å². The number of carboxylic acid groups (broad SMARTS) is 1. The molecule has 0 aliphatic rings. The van der Waals surface area contributed by atoms with Crippen molar-refractivity contribution in [3.8, 4) is 11.8 Å². The van der Waals surface area contributed by atoms with E-state index < -0.39 is 12.1 Å². The lowest BCUT2D eigenvalue weighted by Gasteiger charge is -2.10. The number of carboxylic acids is 1.